The normalized spacial score (nSPS) is 13.8. The number of phosphoric ester groups is 1. The second kappa shape index (κ2) is 50.6. The molecule has 0 fully saturated rings. The molecule has 0 bridgehead atoms. The van der Waals surface area contributed by atoms with Crippen molar-refractivity contribution in [1.29, 1.82) is 0 Å². The van der Waals surface area contributed by atoms with Gasteiger partial charge in [-0.1, -0.05) is 244 Å². The van der Waals surface area contributed by atoms with Crippen molar-refractivity contribution in [2.24, 2.45) is 0 Å². The van der Waals surface area contributed by atoms with E-state index in [-0.39, 0.29) is 25.6 Å². The van der Waals surface area contributed by atoms with E-state index in [1.807, 2.05) is 0 Å². The summed E-state index contributed by atoms with van der Waals surface area (Å²) in [6.45, 7) is 3.59. The van der Waals surface area contributed by atoms with Crippen molar-refractivity contribution in [3.8, 4) is 0 Å². The van der Waals surface area contributed by atoms with Crippen LogP contribution in [0.15, 0.2) is 12.2 Å². The highest BCUT2D eigenvalue weighted by Gasteiger charge is 2.26. The van der Waals surface area contributed by atoms with E-state index in [4.69, 9.17) is 23.6 Å². The summed E-state index contributed by atoms with van der Waals surface area (Å²) in [4.78, 5) is 22.7. The first-order chi connectivity index (χ1) is 30.8. The second-order valence-corrected chi connectivity index (χ2v) is 20.1. The minimum Gasteiger partial charge on any atom is -0.457 e. The summed E-state index contributed by atoms with van der Waals surface area (Å²) in [7, 11) is -4.52. The van der Waals surface area contributed by atoms with Crippen LogP contribution in [0.25, 0.3) is 0 Å². The minimum absolute atomic E-state index is 0.0542. The number of esters is 1. The van der Waals surface area contributed by atoms with Crippen LogP contribution in [0, 0.1) is 0 Å². The molecule has 63 heavy (non-hydrogen) atoms. The zero-order chi connectivity index (χ0) is 46.0. The largest absolute Gasteiger partial charge is 0.472 e. The number of ether oxygens (including phenoxy) is 2. The molecular weight excluding hydrogens is 812 g/mol. The van der Waals surface area contributed by atoms with E-state index in [1.54, 1.807) is 0 Å². The highest BCUT2D eigenvalue weighted by atomic mass is 31.2. The van der Waals surface area contributed by atoms with Gasteiger partial charge in [0.2, 0.25) is 0 Å². The number of hydrogen-bond acceptors (Lipinski definition) is 8. The van der Waals surface area contributed by atoms with Crippen molar-refractivity contribution >= 4 is 13.8 Å². The van der Waals surface area contributed by atoms with E-state index in [2.05, 4.69) is 26.0 Å². The molecule has 9 nitrogen and oxygen atoms in total. The van der Waals surface area contributed by atoms with E-state index in [0.29, 0.717) is 6.61 Å². The Morgan fingerprint density at radius 3 is 1.19 bits per heavy atom. The van der Waals surface area contributed by atoms with E-state index in [1.165, 1.54) is 218 Å². The van der Waals surface area contributed by atoms with E-state index in [0.717, 1.165) is 38.5 Å². The van der Waals surface area contributed by atoms with Crippen molar-refractivity contribution in [3.63, 3.8) is 0 Å². The van der Waals surface area contributed by atoms with E-state index in [9.17, 15) is 19.4 Å². The number of aliphatic hydroxyl groups excluding tert-OH is 2. The minimum atomic E-state index is -4.52. The maximum Gasteiger partial charge on any atom is 0.472 e. The fourth-order valence-electron chi connectivity index (χ4n) is 8.06. The van der Waals surface area contributed by atoms with Crippen molar-refractivity contribution in [3.05, 3.63) is 12.2 Å². The van der Waals surface area contributed by atoms with Gasteiger partial charge in [-0.25, -0.2) is 4.57 Å². The molecule has 3 N–H and O–H groups in total. The summed E-state index contributed by atoms with van der Waals surface area (Å²) in [6.07, 6.45) is 54.7. The lowest BCUT2D eigenvalue weighted by atomic mass is 10.0. The van der Waals surface area contributed by atoms with Crippen molar-refractivity contribution in [2.45, 2.75) is 289 Å². The van der Waals surface area contributed by atoms with Gasteiger partial charge >= 0.3 is 13.8 Å². The highest BCUT2D eigenvalue weighted by molar-refractivity contribution is 7.47. The molecule has 0 saturated heterocycles. The molecule has 0 spiro atoms. The third-order valence-electron chi connectivity index (χ3n) is 12.2. The highest BCUT2D eigenvalue weighted by Crippen LogP contribution is 2.43. The third kappa shape index (κ3) is 50.5. The summed E-state index contributed by atoms with van der Waals surface area (Å²) < 4.78 is 33.6. The van der Waals surface area contributed by atoms with E-state index >= 15 is 0 Å². The molecule has 0 heterocycles. The molecule has 0 radical (unpaired) electrons. The summed E-state index contributed by atoms with van der Waals surface area (Å²) in [5.41, 5.74) is 0. The number of allylic oxidation sites excluding steroid dienone is 2. The molecule has 376 valence electrons. The maximum atomic E-state index is 12.7. The first kappa shape index (κ1) is 62.2. The van der Waals surface area contributed by atoms with Gasteiger partial charge in [0.15, 0.2) is 0 Å². The standard InChI is InChI=1S/C53H105O9P/c1-3-5-7-9-11-13-15-17-19-21-23-24-25-26-27-28-30-32-34-36-38-40-42-44-46-59-49-52(50-61-63(57,58)60-48-51(55)47-54)62-53(56)45-43-41-39-37-35-33-31-29-22-20-18-16-14-12-10-8-6-4-2/h20,22,51-52,54-55H,3-19,21,23-50H2,1-2H3,(H,57,58)/b22-20-. The van der Waals surface area contributed by atoms with Crippen molar-refractivity contribution in [1.82, 2.24) is 0 Å². The summed E-state index contributed by atoms with van der Waals surface area (Å²) in [6, 6.07) is 0. The summed E-state index contributed by atoms with van der Waals surface area (Å²) >= 11 is 0. The molecule has 0 rings (SSSR count). The number of unbranched alkanes of at least 4 members (excludes halogenated alkanes) is 37. The number of phosphoric acid groups is 1. The smallest absolute Gasteiger partial charge is 0.457 e. The lowest BCUT2D eigenvalue weighted by molar-refractivity contribution is -0.154. The number of rotatable bonds is 53. The van der Waals surface area contributed by atoms with Gasteiger partial charge < -0.3 is 24.6 Å². The van der Waals surface area contributed by atoms with Gasteiger partial charge in [0.25, 0.3) is 0 Å². The Labute approximate surface area is 390 Å². The lowest BCUT2D eigenvalue weighted by Gasteiger charge is -2.20. The number of hydrogen-bond donors (Lipinski definition) is 3. The van der Waals surface area contributed by atoms with Gasteiger partial charge in [-0.2, -0.15) is 0 Å². The second-order valence-electron chi connectivity index (χ2n) is 18.6. The van der Waals surface area contributed by atoms with Crippen LogP contribution in [-0.2, 0) is 27.9 Å². The average Bonchev–Trinajstić information content (AvgIpc) is 3.28. The molecule has 0 aliphatic carbocycles. The summed E-state index contributed by atoms with van der Waals surface area (Å²) in [5, 5.41) is 18.4. The van der Waals surface area contributed by atoms with Crippen LogP contribution in [-0.4, -0.2) is 66.3 Å². The van der Waals surface area contributed by atoms with Gasteiger partial charge in [-0.05, 0) is 38.5 Å². The predicted octanol–water partition coefficient (Wildman–Crippen LogP) is 16.0. The Bertz CT molecular complexity index is 996. The Morgan fingerprint density at radius 2 is 0.810 bits per heavy atom. The van der Waals surface area contributed by atoms with Gasteiger partial charge in [-0.3, -0.25) is 13.8 Å². The van der Waals surface area contributed by atoms with Gasteiger partial charge in [0.05, 0.1) is 26.4 Å². The molecule has 0 aliphatic rings. The lowest BCUT2D eigenvalue weighted by Crippen LogP contribution is -2.29. The number of carbonyl (C=O) groups excluding carboxylic acids is 1. The Hall–Kier alpha value is -0.800. The molecular formula is C53H105O9P. The Morgan fingerprint density at radius 1 is 0.476 bits per heavy atom. The average molecular weight is 917 g/mol. The van der Waals surface area contributed by atoms with Crippen LogP contribution in [0.3, 0.4) is 0 Å². The van der Waals surface area contributed by atoms with Gasteiger partial charge in [-0.15, -0.1) is 0 Å². The molecule has 0 saturated carbocycles. The fourth-order valence-corrected chi connectivity index (χ4v) is 8.85. The number of aliphatic hydroxyl groups is 2. The van der Waals surface area contributed by atoms with Crippen LogP contribution in [0.4, 0.5) is 0 Å². The molecule has 3 atom stereocenters. The molecule has 0 amide bonds. The molecule has 0 aromatic carbocycles. The maximum absolute atomic E-state index is 12.7. The zero-order valence-corrected chi connectivity index (χ0v) is 42.5. The van der Waals surface area contributed by atoms with Crippen LogP contribution >= 0.6 is 7.82 Å². The fraction of sp³-hybridized carbons (Fsp3) is 0.943. The van der Waals surface area contributed by atoms with Crippen molar-refractivity contribution in [2.75, 3.05) is 33.0 Å². The molecule has 10 heteroatoms. The number of carbonyl (C=O) groups is 1. The quantitative estimate of drug-likeness (QED) is 0.0236. The summed E-state index contributed by atoms with van der Waals surface area (Å²) in [5.74, 6) is -0.380. The van der Waals surface area contributed by atoms with E-state index < -0.39 is 33.2 Å². The molecule has 0 aromatic heterocycles. The Balaban J connectivity index is 3.98. The zero-order valence-electron chi connectivity index (χ0n) is 41.6. The Kier molecular flexibility index (Phi) is 50.0. The van der Waals surface area contributed by atoms with Gasteiger partial charge in [0, 0.05) is 13.0 Å². The SMILES string of the molecule is CCCCCCCCC/C=C\CCCCCCCCCC(=O)OC(COCCCCCCCCCCCCCCCCCCCCCCCCCC)COP(=O)(O)OCC(O)CO. The monoisotopic (exact) mass is 917 g/mol. The van der Waals surface area contributed by atoms with Crippen LogP contribution < -0.4 is 0 Å². The first-order valence-corrected chi connectivity index (χ1v) is 28.7. The predicted molar refractivity (Wildman–Crippen MR) is 265 cm³/mol. The molecule has 3 unspecified atom stereocenters. The molecule has 0 aliphatic heterocycles. The van der Waals surface area contributed by atoms with Gasteiger partial charge in [0.1, 0.15) is 12.2 Å². The third-order valence-corrected chi connectivity index (χ3v) is 13.2. The van der Waals surface area contributed by atoms with Crippen LogP contribution in [0.1, 0.15) is 277 Å². The van der Waals surface area contributed by atoms with Crippen LogP contribution in [0.5, 0.6) is 0 Å². The van der Waals surface area contributed by atoms with Crippen LogP contribution in [0.2, 0.25) is 0 Å². The first-order valence-electron chi connectivity index (χ1n) is 27.2. The molecule has 0 aromatic rings. The van der Waals surface area contributed by atoms with Crippen molar-refractivity contribution < 1.29 is 43.0 Å². The topological polar surface area (TPSA) is 132 Å².